The SMILES string of the molecule is Cc1ccc(C(=O)NCCNCc2ccsc2)cc1F. The smallest absolute Gasteiger partial charge is 0.251 e. The highest BCUT2D eigenvalue weighted by atomic mass is 32.1. The van der Waals surface area contributed by atoms with Gasteiger partial charge in [-0.05, 0) is 47.0 Å². The van der Waals surface area contributed by atoms with Crippen LogP contribution in [0.5, 0.6) is 0 Å². The topological polar surface area (TPSA) is 41.1 Å². The largest absolute Gasteiger partial charge is 0.351 e. The first-order chi connectivity index (χ1) is 9.66. The lowest BCUT2D eigenvalue weighted by Gasteiger charge is -2.07. The van der Waals surface area contributed by atoms with Crippen molar-refractivity contribution in [2.75, 3.05) is 13.1 Å². The fraction of sp³-hybridized carbons (Fsp3) is 0.267. The zero-order valence-electron chi connectivity index (χ0n) is 11.3. The van der Waals surface area contributed by atoms with Crippen molar-refractivity contribution >= 4 is 17.2 Å². The average Bonchev–Trinajstić information content (AvgIpc) is 2.94. The van der Waals surface area contributed by atoms with Crippen molar-refractivity contribution in [3.8, 4) is 0 Å². The van der Waals surface area contributed by atoms with E-state index in [1.54, 1.807) is 30.4 Å². The summed E-state index contributed by atoms with van der Waals surface area (Å²) in [4.78, 5) is 11.8. The summed E-state index contributed by atoms with van der Waals surface area (Å²) in [6, 6.07) is 6.57. The van der Waals surface area contributed by atoms with Gasteiger partial charge in [0.15, 0.2) is 0 Å². The Kier molecular flexibility index (Phi) is 5.26. The lowest BCUT2D eigenvalue weighted by molar-refractivity contribution is 0.0953. The predicted molar refractivity (Wildman–Crippen MR) is 79.5 cm³/mol. The monoisotopic (exact) mass is 292 g/mol. The maximum Gasteiger partial charge on any atom is 0.251 e. The second-order valence-corrected chi connectivity index (χ2v) is 5.31. The molecule has 0 radical (unpaired) electrons. The van der Waals surface area contributed by atoms with Gasteiger partial charge in [-0.2, -0.15) is 11.3 Å². The van der Waals surface area contributed by atoms with Gasteiger partial charge in [-0.25, -0.2) is 4.39 Å². The zero-order chi connectivity index (χ0) is 14.4. The van der Waals surface area contributed by atoms with Crippen LogP contribution in [-0.2, 0) is 6.54 Å². The van der Waals surface area contributed by atoms with E-state index in [1.165, 1.54) is 11.6 Å². The van der Waals surface area contributed by atoms with Crippen LogP contribution in [0.2, 0.25) is 0 Å². The van der Waals surface area contributed by atoms with Gasteiger partial charge in [0.25, 0.3) is 5.91 Å². The average molecular weight is 292 g/mol. The van der Waals surface area contributed by atoms with Gasteiger partial charge in [0.2, 0.25) is 0 Å². The summed E-state index contributed by atoms with van der Waals surface area (Å²) in [7, 11) is 0. The first kappa shape index (κ1) is 14.7. The van der Waals surface area contributed by atoms with Crippen LogP contribution in [0.25, 0.3) is 0 Å². The maximum atomic E-state index is 13.3. The molecule has 0 atom stereocenters. The van der Waals surface area contributed by atoms with Crippen molar-refractivity contribution < 1.29 is 9.18 Å². The van der Waals surface area contributed by atoms with E-state index in [2.05, 4.69) is 22.1 Å². The van der Waals surface area contributed by atoms with Crippen LogP contribution in [0, 0.1) is 12.7 Å². The predicted octanol–water partition coefficient (Wildman–Crippen LogP) is 2.72. The fourth-order valence-electron chi connectivity index (χ4n) is 1.73. The summed E-state index contributed by atoms with van der Waals surface area (Å²) in [5.41, 5.74) is 2.13. The highest BCUT2D eigenvalue weighted by Crippen LogP contribution is 2.08. The van der Waals surface area contributed by atoms with Gasteiger partial charge in [0.05, 0.1) is 0 Å². The number of nitrogens with one attached hydrogen (secondary N) is 2. The lowest BCUT2D eigenvalue weighted by atomic mass is 10.1. The molecule has 1 aromatic carbocycles. The van der Waals surface area contributed by atoms with E-state index in [0.29, 0.717) is 24.2 Å². The number of carbonyl (C=O) groups excluding carboxylic acids is 1. The number of rotatable bonds is 6. The van der Waals surface area contributed by atoms with Crippen molar-refractivity contribution in [3.05, 3.63) is 57.5 Å². The van der Waals surface area contributed by atoms with Gasteiger partial charge in [-0.3, -0.25) is 4.79 Å². The summed E-state index contributed by atoms with van der Waals surface area (Å²) >= 11 is 1.66. The third kappa shape index (κ3) is 4.15. The summed E-state index contributed by atoms with van der Waals surface area (Å²) in [5, 5.41) is 10.1. The van der Waals surface area contributed by atoms with Gasteiger partial charge in [-0.1, -0.05) is 6.07 Å². The number of hydrogen-bond donors (Lipinski definition) is 2. The molecule has 2 N–H and O–H groups in total. The quantitative estimate of drug-likeness (QED) is 0.804. The number of carbonyl (C=O) groups is 1. The molecule has 0 aliphatic heterocycles. The van der Waals surface area contributed by atoms with E-state index in [4.69, 9.17) is 0 Å². The Morgan fingerprint density at radius 2 is 2.15 bits per heavy atom. The van der Waals surface area contributed by atoms with Crippen LogP contribution in [0.4, 0.5) is 4.39 Å². The molecule has 0 aliphatic rings. The Bertz CT molecular complexity index is 569. The van der Waals surface area contributed by atoms with E-state index < -0.39 is 0 Å². The van der Waals surface area contributed by atoms with Gasteiger partial charge in [0, 0.05) is 25.2 Å². The Balaban J connectivity index is 1.70. The molecule has 0 aliphatic carbocycles. The standard InChI is InChI=1S/C15H17FN2OS/c1-11-2-3-13(8-14(11)16)15(19)18-6-5-17-9-12-4-7-20-10-12/h2-4,7-8,10,17H,5-6,9H2,1H3,(H,18,19). The van der Waals surface area contributed by atoms with E-state index in [0.717, 1.165) is 6.54 Å². The molecule has 2 aromatic rings. The highest BCUT2D eigenvalue weighted by molar-refractivity contribution is 7.07. The minimum atomic E-state index is -0.353. The molecule has 0 saturated carbocycles. The molecule has 0 saturated heterocycles. The minimum Gasteiger partial charge on any atom is -0.351 e. The van der Waals surface area contributed by atoms with Gasteiger partial charge >= 0.3 is 0 Å². The molecule has 0 unspecified atom stereocenters. The number of amides is 1. The first-order valence-electron chi connectivity index (χ1n) is 6.43. The third-order valence-corrected chi connectivity index (χ3v) is 3.66. The summed E-state index contributed by atoms with van der Waals surface area (Å²) < 4.78 is 13.3. The van der Waals surface area contributed by atoms with Gasteiger partial charge < -0.3 is 10.6 Å². The number of benzene rings is 1. The third-order valence-electron chi connectivity index (χ3n) is 2.93. The molecule has 106 valence electrons. The van der Waals surface area contributed by atoms with Crippen molar-refractivity contribution in [2.24, 2.45) is 0 Å². The van der Waals surface area contributed by atoms with Crippen molar-refractivity contribution in [1.82, 2.24) is 10.6 Å². The lowest BCUT2D eigenvalue weighted by Crippen LogP contribution is -2.31. The molecule has 0 bridgehead atoms. The first-order valence-corrected chi connectivity index (χ1v) is 7.37. The summed E-state index contributed by atoms with van der Waals surface area (Å²) in [5.74, 6) is -0.602. The van der Waals surface area contributed by atoms with Crippen molar-refractivity contribution in [1.29, 1.82) is 0 Å². The highest BCUT2D eigenvalue weighted by Gasteiger charge is 2.07. The normalized spacial score (nSPS) is 10.5. The van der Waals surface area contributed by atoms with Gasteiger partial charge in [-0.15, -0.1) is 0 Å². The summed E-state index contributed by atoms with van der Waals surface area (Å²) in [6.45, 7) is 3.65. The van der Waals surface area contributed by atoms with Crippen LogP contribution < -0.4 is 10.6 Å². The van der Waals surface area contributed by atoms with E-state index >= 15 is 0 Å². The molecule has 3 nitrogen and oxygen atoms in total. The van der Waals surface area contributed by atoms with Crippen LogP contribution in [0.3, 0.4) is 0 Å². The Hall–Kier alpha value is -1.72. The number of halogens is 1. The second kappa shape index (κ2) is 7.17. The van der Waals surface area contributed by atoms with Crippen molar-refractivity contribution in [3.63, 3.8) is 0 Å². The Morgan fingerprint density at radius 3 is 2.85 bits per heavy atom. The molecule has 1 amide bonds. The maximum absolute atomic E-state index is 13.3. The molecule has 5 heteroatoms. The Labute approximate surface area is 121 Å². The molecule has 1 aromatic heterocycles. The second-order valence-electron chi connectivity index (χ2n) is 4.53. The molecule has 0 fully saturated rings. The zero-order valence-corrected chi connectivity index (χ0v) is 12.1. The van der Waals surface area contributed by atoms with Crippen LogP contribution >= 0.6 is 11.3 Å². The van der Waals surface area contributed by atoms with Gasteiger partial charge in [0.1, 0.15) is 5.82 Å². The molecular formula is C15H17FN2OS. The minimum absolute atomic E-state index is 0.249. The van der Waals surface area contributed by atoms with E-state index in [1.807, 2.05) is 5.38 Å². The fourth-order valence-corrected chi connectivity index (χ4v) is 2.40. The molecular weight excluding hydrogens is 275 g/mol. The number of hydrogen-bond acceptors (Lipinski definition) is 3. The number of thiophene rings is 1. The van der Waals surface area contributed by atoms with Crippen molar-refractivity contribution in [2.45, 2.75) is 13.5 Å². The van der Waals surface area contributed by atoms with E-state index in [9.17, 15) is 9.18 Å². The molecule has 20 heavy (non-hydrogen) atoms. The molecule has 1 heterocycles. The molecule has 2 rings (SSSR count). The van der Waals surface area contributed by atoms with Crippen LogP contribution in [-0.4, -0.2) is 19.0 Å². The Morgan fingerprint density at radius 1 is 1.30 bits per heavy atom. The van der Waals surface area contributed by atoms with Crippen LogP contribution in [0.1, 0.15) is 21.5 Å². The van der Waals surface area contributed by atoms with Crippen LogP contribution in [0.15, 0.2) is 35.0 Å². The van der Waals surface area contributed by atoms with E-state index in [-0.39, 0.29) is 11.7 Å². The summed E-state index contributed by atoms with van der Waals surface area (Å²) in [6.07, 6.45) is 0. The number of aryl methyl sites for hydroxylation is 1. The molecule has 0 spiro atoms.